The first-order valence-corrected chi connectivity index (χ1v) is 4.63. The SMILES string of the molecule is COCC(C(=O)O)N1CC2(CC2)C1. The van der Waals surface area contributed by atoms with Gasteiger partial charge in [0.25, 0.3) is 0 Å². The van der Waals surface area contributed by atoms with Crippen molar-refractivity contribution in [3.63, 3.8) is 0 Å². The van der Waals surface area contributed by atoms with Gasteiger partial charge in [-0.2, -0.15) is 0 Å². The van der Waals surface area contributed by atoms with E-state index in [2.05, 4.69) is 0 Å². The van der Waals surface area contributed by atoms with Gasteiger partial charge < -0.3 is 9.84 Å². The zero-order valence-corrected chi connectivity index (χ0v) is 7.82. The molecule has 0 aromatic heterocycles. The van der Waals surface area contributed by atoms with Gasteiger partial charge in [0.2, 0.25) is 0 Å². The highest BCUT2D eigenvalue weighted by Gasteiger charge is 2.54. The predicted octanol–water partition coefficient (Wildman–Crippen LogP) is 0.182. The van der Waals surface area contributed by atoms with Crippen molar-refractivity contribution in [2.75, 3.05) is 26.8 Å². The summed E-state index contributed by atoms with van der Waals surface area (Å²) in [5.74, 6) is -0.766. The van der Waals surface area contributed by atoms with E-state index < -0.39 is 12.0 Å². The topological polar surface area (TPSA) is 49.8 Å². The van der Waals surface area contributed by atoms with Crippen LogP contribution in [0.25, 0.3) is 0 Å². The largest absolute Gasteiger partial charge is 0.480 e. The summed E-state index contributed by atoms with van der Waals surface area (Å²) in [5, 5.41) is 8.91. The van der Waals surface area contributed by atoms with Gasteiger partial charge in [-0.05, 0) is 18.3 Å². The highest BCUT2D eigenvalue weighted by atomic mass is 16.5. The second-order valence-electron chi connectivity index (χ2n) is 4.21. The molecule has 1 spiro atoms. The van der Waals surface area contributed by atoms with Crippen LogP contribution in [0.4, 0.5) is 0 Å². The van der Waals surface area contributed by atoms with Crippen molar-refractivity contribution in [3.05, 3.63) is 0 Å². The van der Waals surface area contributed by atoms with Gasteiger partial charge in [-0.15, -0.1) is 0 Å². The number of aliphatic carboxylic acids is 1. The average molecular weight is 185 g/mol. The van der Waals surface area contributed by atoms with Gasteiger partial charge in [0.15, 0.2) is 0 Å². The summed E-state index contributed by atoms with van der Waals surface area (Å²) in [7, 11) is 1.54. The number of methoxy groups -OCH3 is 1. The number of rotatable bonds is 4. The number of likely N-dealkylation sites (tertiary alicyclic amines) is 1. The van der Waals surface area contributed by atoms with Crippen LogP contribution >= 0.6 is 0 Å². The van der Waals surface area contributed by atoms with E-state index in [9.17, 15) is 4.79 Å². The zero-order chi connectivity index (χ0) is 9.47. The number of carboxylic acids is 1. The van der Waals surface area contributed by atoms with Crippen molar-refractivity contribution in [3.8, 4) is 0 Å². The van der Waals surface area contributed by atoms with Gasteiger partial charge in [-0.25, -0.2) is 0 Å². The second kappa shape index (κ2) is 2.96. The Bertz CT molecular complexity index is 217. The van der Waals surface area contributed by atoms with Crippen LogP contribution in [-0.2, 0) is 9.53 Å². The Kier molecular flexibility index (Phi) is 2.04. The normalized spacial score (nSPS) is 26.8. The van der Waals surface area contributed by atoms with E-state index in [1.807, 2.05) is 4.90 Å². The van der Waals surface area contributed by atoms with Gasteiger partial charge in [-0.3, -0.25) is 9.69 Å². The molecular formula is C9H15NO3. The Morgan fingerprint density at radius 1 is 1.62 bits per heavy atom. The minimum absolute atomic E-state index is 0.297. The van der Waals surface area contributed by atoms with Crippen molar-refractivity contribution in [2.45, 2.75) is 18.9 Å². The molecule has 4 heteroatoms. The van der Waals surface area contributed by atoms with Crippen molar-refractivity contribution in [2.24, 2.45) is 5.41 Å². The van der Waals surface area contributed by atoms with E-state index >= 15 is 0 Å². The predicted molar refractivity (Wildman–Crippen MR) is 46.5 cm³/mol. The molecule has 1 aliphatic heterocycles. The summed E-state index contributed by atoms with van der Waals surface area (Å²) >= 11 is 0. The first kappa shape index (κ1) is 8.97. The molecule has 1 atom stereocenters. The molecule has 4 nitrogen and oxygen atoms in total. The maximum atomic E-state index is 10.8. The molecule has 1 saturated heterocycles. The first-order valence-electron chi connectivity index (χ1n) is 4.63. The van der Waals surface area contributed by atoms with Crippen LogP contribution in [0.1, 0.15) is 12.8 Å². The first-order chi connectivity index (χ1) is 6.17. The molecule has 0 amide bonds. The molecule has 2 rings (SSSR count). The zero-order valence-electron chi connectivity index (χ0n) is 7.82. The van der Waals surface area contributed by atoms with E-state index in [0.717, 1.165) is 13.1 Å². The van der Waals surface area contributed by atoms with E-state index in [1.54, 1.807) is 7.11 Å². The number of hydrogen-bond donors (Lipinski definition) is 1. The number of nitrogens with zero attached hydrogens (tertiary/aromatic N) is 1. The van der Waals surface area contributed by atoms with Crippen LogP contribution in [0.15, 0.2) is 0 Å². The minimum Gasteiger partial charge on any atom is -0.480 e. The van der Waals surface area contributed by atoms with Gasteiger partial charge in [0.05, 0.1) is 6.61 Å². The lowest BCUT2D eigenvalue weighted by molar-refractivity contribution is -0.149. The molecular weight excluding hydrogens is 170 g/mol. The van der Waals surface area contributed by atoms with Gasteiger partial charge in [0, 0.05) is 20.2 Å². The van der Waals surface area contributed by atoms with Crippen molar-refractivity contribution >= 4 is 5.97 Å². The summed E-state index contributed by atoms with van der Waals surface area (Å²) in [4.78, 5) is 12.8. The van der Waals surface area contributed by atoms with E-state index in [-0.39, 0.29) is 0 Å². The number of carboxylic acid groups (broad SMARTS) is 1. The summed E-state index contributed by atoms with van der Waals surface area (Å²) in [6.45, 7) is 2.20. The highest BCUT2D eigenvalue weighted by molar-refractivity contribution is 5.73. The highest BCUT2D eigenvalue weighted by Crippen LogP contribution is 2.53. The van der Waals surface area contributed by atoms with Gasteiger partial charge in [0.1, 0.15) is 6.04 Å². The standard InChI is InChI=1S/C9H15NO3/c1-13-4-7(8(11)12)10-5-9(6-10)2-3-9/h7H,2-6H2,1H3,(H,11,12). The summed E-state index contributed by atoms with van der Waals surface area (Å²) in [6.07, 6.45) is 2.56. The fourth-order valence-electron chi connectivity index (χ4n) is 2.02. The molecule has 2 aliphatic rings. The third kappa shape index (κ3) is 1.56. The molecule has 0 radical (unpaired) electrons. The maximum Gasteiger partial charge on any atom is 0.323 e. The molecule has 74 valence electrons. The molecule has 2 fully saturated rings. The van der Waals surface area contributed by atoms with Crippen LogP contribution in [0.3, 0.4) is 0 Å². The van der Waals surface area contributed by atoms with E-state index in [0.29, 0.717) is 12.0 Å². The van der Waals surface area contributed by atoms with Crippen LogP contribution < -0.4 is 0 Å². The Morgan fingerprint density at radius 3 is 2.62 bits per heavy atom. The van der Waals surface area contributed by atoms with Crippen molar-refractivity contribution in [1.29, 1.82) is 0 Å². The summed E-state index contributed by atoms with van der Waals surface area (Å²) in [6, 6.07) is -0.434. The Balaban J connectivity index is 1.86. The van der Waals surface area contributed by atoms with Crippen molar-refractivity contribution in [1.82, 2.24) is 4.90 Å². The fourth-order valence-corrected chi connectivity index (χ4v) is 2.02. The molecule has 0 aromatic carbocycles. The van der Waals surface area contributed by atoms with E-state index in [1.165, 1.54) is 12.8 Å². The third-order valence-electron chi connectivity index (χ3n) is 3.08. The lowest BCUT2D eigenvalue weighted by atomic mass is 9.94. The van der Waals surface area contributed by atoms with E-state index in [4.69, 9.17) is 9.84 Å². The molecule has 1 saturated carbocycles. The molecule has 1 aliphatic carbocycles. The molecule has 1 heterocycles. The lowest BCUT2D eigenvalue weighted by Gasteiger charge is -2.43. The fraction of sp³-hybridized carbons (Fsp3) is 0.889. The Hall–Kier alpha value is -0.610. The lowest BCUT2D eigenvalue weighted by Crippen LogP contribution is -2.57. The molecule has 1 unspecified atom stereocenters. The summed E-state index contributed by atoms with van der Waals surface area (Å²) in [5.41, 5.74) is 0.515. The maximum absolute atomic E-state index is 10.8. The molecule has 1 N–H and O–H groups in total. The molecule has 0 aromatic rings. The Labute approximate surface area is 77.5 Å². The van der Waals surface area contributed by atoms with Crippen molar-refractivity contribution < 1.29 is 14.6 Å². The summed E-state index contributed by atoms with van der Waals surface area (Å²) < 4.78 is 4.89. The van der Waals surface area contributed by atoms with Crippen LogP contribution in [0.2, 0.25) is 0 Å². The van der Waals surface area contributed by atoms with Crippen LogP contribution in [0.5, 0.6) is 0 Å². The third-order valence-corrected chi connectivity index (χ3v) is 3.08. The van der Waals surface area contributed by atoms with Gasteiger partial charge >= 0.3 is 5.97 Å². The molecule has 0 bridgehead atoms. The minimum atomic E-state index is -0.766. The van der Waals surface area contributed by atoms with Gasteiger partial charge in [-0.1, -0.05) is 0 Å². The number of carbonyl (C=O) groups is 1. The Morgan fingerprint density at radius 2 is 2.23 bits per heavy atom. The molecule has 13 heavy (non-hydrogen) atoms. The quantitative estimate of drug-likeness (QED) is 0.679. The van der Waals surface area contributed by atoms with Crippen LogP contribution in [-0.4, -0.2) is 48.8 Å². The monoisotopic (exact) mass is 185 g/mol. The van der Waals surface area contributed by atoms with Crippen LogP contribution in [0, 0.1) is 5.41 Å². The number of hydrogen-bond acceptors (Lipinski definition) is 3. The smallest absolute Gasteiger partial charge is 0.323 e. The number of ether oxygens (including phenoxy) is 1. The average Bonchev–Trinajstić information content (AvgIpc) is 2.76. The second-order valence-corrected chi connectivity index (χ2v) is 4.21.